The van der Waals surface area contributed by atoms with E-state index in [1.54, 1.807) is 0 Å². The second-order valence-electron chi connectivity index (χ2n) is 3.70. The molecule has 0 aromatic heterocycles. The van der Waals surface area contributed by atoms with Crippen molar-refractivity contribution in [3.05, 3.63) is 71.8 Å². The van der Waals surface area contributed by atoms with Crippen molar-refractivity contribution in [2.75, 3.05) is 0 Å². The molecule has 1 heteroatoms. The molecule has 0 saturated carbocycles. The fourth-order valence-corrected chi connectivity index (χ4v) is 1.77. The van der Waals surface area contributed by atoms with Crippen molar-refractivity contribution in [1.29, 1.82) is 0 Å². The van der Waals surface area contributed by atoms with Gasteiger partial charge in [-0.1, -0.05) is 54.1 Å². The van der Waals surface area contributed by atoms with E-state index in [0.717, 1.165) is 11.4 Å². The van der Waals surface area contributed by atoms with Gasteiger partial charge in [0.2, 0.25) is 0 Å². The molecule has 80 valence electrons. The van der Waals surface area contributed by atoms with Gasteiger partial charge in [0.1, 0.15) is 0 Å². The van der Waals surface area contributed by atoms with E-state index in [9.17, 15) is 0 Å². The topological polar surface area (TPSA) is 0 Å². The van der Waals surface area contributed by atoms with Crippen molar-refractivity contribution in [3.63, 3.8) is 0 Å². The van der Waals surface area contributed by atoms with Gasteiger partial charge < -0.3 is 0 Å². The summed E-state index contributed by atoms with van der Waals surface area (Å²) in [4.78, 5) is 0. The highest BCUT2D eigenvalue weighted by atomic mass is 35.5. The van der Waals surface area contributed by atoms with Crippen LogP contribution >= 0.6 is 11.6 Å². The lowest BCUT2D eigenvalue weighted by molar-refractivity contribution is 1.28. The number of hydrogen-bond donors (Lipinski definition) is 0. The van der Waals surface area contributed by atoms with Crippen LogP contribution in [0, 0.1) is 0 Å². The van der Waals surface area contributed by atoms with Crippen molar-refractivity contribution >= 4 is 11.6 Å². The Hall–Kier alpha value is -1.53. The van der Waals surface area contributed by atoms with Crippen LogP contribution in [0.2, 0.25) is 5.02 Å². The van der Waals surface area contributed by atoms with Crippen LogP contribution in [-0.2, 0) is 6.42 Å². The smallest absolute Gasteiger partial charge is 0.0406 e. The van der Waals surface area contributed by atoms with Crippen LogP contribution in [0.4, 0.5) is 0 Å². The molecule has 0 saturated heterocycles. The molecule has 0 spiro atoms. The number of rotatable bonds is 3. The van der Waals surface area contributed by atoms with E-state index in [-0.39, 0.29) is 0 Å². The van der Waals surface area contributed by atoms with E-state index in [2.05, 4.69) is 30.8 Å². The molecule has 0 aliphatic rings. The van der Waals surface area contributed by atoms with E-state index in [0.29, 0.717) is 0 Å². The Morgan fingerprint density at radius 3 is 1.88 bits per heavy atom. The molecular weight excluding hydrogens is 216 g/mol. The Morgan fingerprint density at radius 2 is 1.38 bits per heavy atom. The summed E-state index contributed by atoms with van der Waals surface area (Å²) in [7, 11) is 0. The average Bonchev–Trinajstić information content (AvgIpc) is 2.32. The van der Waals surface area contributed by atoms with Crippen LogP contribution in [-0.4, -0.2) is 0 Å². The van der Waals surface area contributed by atoms with Gasteiger partial charge in [-0.3, -0.25) is 0 Å². The standard InChI is InChI=1S/C15H13Cl/c1-2-3-12-4-6-13(7-5-12)14-8-10-15(16)11-9-14/h2,4-11H,1,3H2. The van der Waals surface area contributed by atoms with Crippen molar-refractivity contribution in [3.8, 4) is 11.1 Å². The number of benzene rings is 2. The van der Waals surface area contributed by atoms with Gasteiger partial charge in [0.15, 0.2) is 0 Å². The van der Waals surface area contributed by atoms with Crippen molar-refractivity contribution in [2.45, 2.75) is 6.42 Å². The minimum Gasteiger partial charge on any atom is -0.103 e. The fraction of sp³-hybridized carbons (Fsp3) is 0.0667. The molecule has 0 amide bonds. The number of halogens is 1. The van der Waals surface area contributed by atoms with Gasteiger partial charge in [0.05, 0.1) is 0 Å². The maximum atomic E-state index is 5.85. The third-order valence-corrected chi connectivity index (χ3v) is 2.76. The molecule has 0 radical (unpaired) electrons. The monoisotopic (exact) mass is 228 g/mol. The second kappa shape index (κ2) is 5.00. The van der Waals surface area contributed by atoms with Gasteiger partial charge >= 0.3 is 0 Å². The first-order valence-corrected chi connectivity index (χ1v) is 5.63. The molecule has 16 heavy (non-hydrogen) atoms. The van der Waals surface area contributed by atoms with Crippen LogP contribution in [0.1, 0.15) is 5.56 Å². The molecular formula is C15H13Cl. The van der Waals surface area contributed by atoms with E-state index in [1.807, 2.05) is 30.3 Å². The fourth-order valence-electron chi connectivity index (χ4n) is 1.64. The highest BCUT2D eigenvalue weighted by Crippen LogP contribution is 2.21. The summed E-state index contributed by atoms with van der Waals surface area (Å²) in [5.41, 5.74) is 3.69. The summed E-state index contributed by atoms with van der Waals surface area (Å²) in [6.07, 6.45) is 2.83. The maximum absolute atomic E-state index is 5.85. The minimum atomic E-state index is 0.770. The summed E-state index contributed by atoms with van der Waals surface area (Å²) in [6, 6.07) is 16.4. The van der Waals surface area contributed by atoms with E-state index >= 15 is 0 Å². The molecule has 0 aliphatic heterocycles. The second-order valence-corrected chi connectivity index (χ2v) is 4.13. The molecule has 0 heterocycles. The van der Waals surface area contributed by atoms with E-state index in [4.69, 9.17) is 11.6 Å². The molecule has 2 rings (SSSR count). The molecule has 0 aliphatic carbocycles. The summed E-state index contributed by atoms with van der Waals surface area (Å²) < 4.78 is 0. The van der Waals surface area contributed by atoms with E-state index in [1.165, 1.54) is 16.7 Å². The molecule has 0 fully saturated rings. The van der Waals surface area contributed by atoms with Crippen LogP contribution in [0.15, 0.2) is 61.2 Å². The maximum Gasteiger partial charge on any atom is 0.0406 e. The van der Waals surface area contributed by atoms with Gasteiger partial charge in [0.25, 0.3) is 0 Å². The van der Waals surface area contributed by atoms with Gasteiger partial charge in [0, 0.05) is 5.02 Å². The first-order chi connectivity index (χ1) is 7.79. The summed E-state index contributed by atoms with van der Waals surface area (Å²) in [5, 5.41) is 0.770. The van der Waals surface area contributed by atoms with Crippen molar-refractivity contribution in [1.82, 2.24) is 0 Å². The highest BCUT2D eigenvalue weighted by molar-refractivity contribution is 6.30. The normalized spacial score (nSPS) is 10.1. The van der Waals surface area contributed by atoms with Gasteiger partial charge in [-0.2, -0.15) is 0 Å². The molecule has 0 nitrogen and oxygen atoms in total. The highest BCUT2D eigenvalue weighted by Gasteiger charge is 1.97. The third-order valence-electron chi connectivity index (χ3n) is 2.51. The molecule has 0 bridgehead atoms. The Labute approximate surface area is 101 Å². The van der Waals surface area contributed by atoms with Crippen LogP contribution in [0.25, 0.3) is 11.1 Å². The zero-order chi connectivity index (χ0) is 11.4. The Bertz CT molecular complexity index is 466. The quantitative estimate of drug-likeness (QED) is 0.666. The molecule has 2 aromatic carbocycles. The lowest BCUT2D eigenvalue weighted by atomic mass is 10.0. The average molecular weight is 229 g/mol. The van der Waals surface area contributed by atoms with Crippen LogP contribution in [0.3, 0.4) is 0 Å². The molecule has 0 N–H and O–H groups in total. The lowest BCUT2D eigenvalue weighted by Gasteiger charge is -2.03. The SMILES string of the molecule is C=CCc1ccc(-c2ccc(Cl)cc2)cc1. The predicted octanol–water partition coefficient (Wildman–Crippen LogP) is 4.74. The Balaban J connectivity index is 2.27. The van der Waals surface area contributed by atoms with Gasteiger partial charge in [-0.25, -0.2) is 0 Å². The van der Waals surface area contributed by atoms with Gasteiger partial charge in [-0.05, 0) is 35.2 Å². The first kappa shape index (κ1) is 11.0. The summed E-state index contributed by atoms with van der Waals surface area (Å²) in [5.74, 6) is 0. The van der Waals surface area contributed by atoms with Crippen LogP contribution in [0.5, 0.6) is 0 Å². The Morgan fingerprint density at radius 1 is 0.875 bits per heavy atom. The van der Waals surface area contributed by atoms with Crippen LogP contribution < -0.4 is 0 Å². The van der Waals surface area contributed by atoms with Crippen molar-refractivity contribution < 1.29 is 0 Å². The molecule has 0 atom stereocenters. The summed E-state index contributed by atoms with van der Waals surface area (Å²) in [6.45, 7) is 3.73. The molecule has 0 unspecified atom stereocenters. The minimum absolute atomic E-state index is 0.770. The van der Waals surface area contributed by atoms with Crippen molar-refractivity contribution in [2.24, 2.45) is 0 Å². The third kappa shape index (κ3) is 2.53. The number of hydrogen-bond acceptors (Lipinski definition) is 0. The largest absolute Gasteiger partial charge is 0.103 e. The number of allylic oxidation sites excluding steroid dienone is 1. The van der Waals surface area contributed by atoms with Gasteiger partial charge in [-0.15, -0.1) is 6.58 Å². The molecule has 2 aromatic rings. The first-order valence-electron chi connectivity index (χ1n) is 5.25. The predicted molar refractivity (Wildman–Crippen MR) is 70.8 cm³/mol. The summed E-state index contributed by atoms with van der Waals surface area (Å²) >= 11 is 5.85. The zero-order valence-electron chi connectivity index (χ0n) is 8.99. The Kier molecular flexibility index (Phi) is 3.43. The van der Waals surface area contributed by atoms with E-state index < -0.39 is 0 Å². The zero-order valence-corrected chi connectivity index (χ0v) is 9.74. The lowest BCUT2D eigenvalue weighted by Crippen LogP contribution is -1.81.